The van der Waals surface area contributed by atoms with Crippen molar-refractivity contribution < 1.29 is 14.3 Å². The minimum absolute atomic E-state index is 0.0538. The van der Waals surface area contributed by atoms with E-state index in [0.717, 1.165) is 6.07 Å². The summed E-state index contributed by atoms with van der Waals surface area (Å²) in [6.45, 7) is 3.80. The second-order valence-corrected chi connectivity index (χ2v) is 3.87. The van der Waals surface area contributed by atoms with Crippen molar-refractivity contribution in [3.63, 3.8) is 0 Å². The molecule has 0 bridgehead atoms. The largest absolute Gasteiger partial charge is 0.478 e. The van der Waals surface area contributed by atoms with Crippen LogP contribution in [-0.4, -0.2) is 20.9 Å². The molecule has 0 atom stereocenters. The summed E-state index contributed by atoms with van der Waals surface area (Å²) in [5, 5.41) is 13.5. The SMILES string of the molecule is CC(C)n1ncc2c(C(=O)O)cc(F)cc21. The number of hydrogen-bond acceptors (Lipinski definition) is 2. The molecule has 5 heteroatoms. The number of fused-ring (bicyclic) bond motifs is 1. The maximum absolute atomic E-state index is 13.3. The molecule has 1 heterocycles. The molecule has 0 unspecified atom stereocenters. The number of carboxylic acids is 1. The molecule has 0 fully saturated rings. The molecule has 4 nitrogen and oxygen atoms in total. The Balaban J connectivity index is 2.81. The van der Waals surface area contributed by atoms with Gasteiger partial charge in [-0.05, 0) is 26.0 Å². The van der Waals surface area contributed by atoms with Gasteiger partial charge in [-0.15, -0.1) is 0 Å². The maximum Gasteiger partial charge on any atom is 0.336 e. The van der Waals surface area contributed by atoms with Crippen LogP contribution in [0.5, 0.6) is 0 Å². The Hall–Kier alpha value is -1.91. The van der Waals surface area contributed by atoms with E-state index in [2.05, 4.69) is 5.10 Å². The highest BCUT2D eigenvalue weighted by Crippen LogP contribution is 2.23. The molecule has 0 aliphatic heterocycles. The number of carboxylic acid groups (broad SMARTS) is 1. The van der Waals surface area contributed by atoms with Gasteiger partial charge in [-0.25, -0.2) is 9.18 Å². The van der Waals surface area contributed by atoms with Crippen molar-refractivity contribution in [3.8, 4) is 0 Å². The molecule has 0 spiro atoms. The van der Waals surface area contributed by atoms with Crippen molar-refractivity contribution in [1.29, 1.82) is 0 Å². The molecule has 1 N–H and O–H groups in total. The fourth-order valence-corrected chi connectivity index (χ4v) is 1.70. The molecular formula is C11H11FN2O2. The lowest BCUT2D eigenvalue weighted by Gasteiger charge is -2.07. The quantitative estimate of drug-likeness (QED) is 0.849. The van der Waals surface area contributed by atoms with E-state index in [1.165, 1.54) is 12.3 Å². The second kappa shape index (κ2) is 3.59. The smallest absolute Gasteiger partial charge is 0.336 e. The highest BCUT2D eigenvalue weighted by molar-refractivity contribution is 6.02. The van der Waals surface area contributed by atoms with Crippen LogP contribution in [0.3, 0.4) is 0 Å². The average molecular weight is 222 g/mol. The standard InChI is InChI=1S/C11H11FN2O2/c1-6(2)14-10-4-7(12)3-8(11(15)16)9(10)5-13-14/h3-6H,1-2H3,(H,15,16). The van der Waals surface area contributed by atoms with Crippen LogP contribution in [0.4, 0.5) is 4.39 Å². The lowest BCUT2D eigenvalue weighted by Crippen LogP contribution is -2.03. The Morgan fingerprint density at radius 2 is 2.19 bits per heavy atom. The molecule has 84 valence electrons. The van der Waals surface area contributed by atoms with Crippen molar-refractivity contribution >= 4 is 16.9 Å². The lowest BCUT2D eigenvalue weighted by molar-refractivity contribution is 0.0698. The Morgan fingerprint density at radius 1 is 1.50 bits per heavy atom. The van der Waals surface area contributed by atoms with E-state index < -0.39 is 11.8 Å². The van der Waals surface area contributed by atoms with E-state index in [1.54, 1.807) is 4.68 Å². The Labute approximate surface area is 91.3 Å². The molecule has 0 saturated heterocycles. The normalized spacial score (nSPS) is 11.2. The van der Waals surface area contributed by atoms with E-state index >= 15 is 0 Å². The number of nitrogens with zero attached hydrogens (tertiary/aromatic N) is 2. The molecule has 1 aromatic heterocycles. The predicted octanol–water partition coefficient (Wildman–Crippen LogP) is 2.45. The first-order chi connectivity index (χ1) is 7.50. The van der Waals surface area contributed by atoms with Crippen LogP contribution in [0.15, 0.2) is 18.3 Å². The summed E-state index contributed by atoms with van der Waals surface area (Å²) in [7, 11) is 0. The number of carbonyl (C=O) groups is 1. The molecule has 2 rings (SSSR count). The average Bonchev–Trinajstić information content (AvgIpc) is 2.59. The lowest BCUT2D eigenvalue weighted by atomic mass is 10.1. The molecule has 0 radical (unpaired) electrons. The summed E-state index contributed by atoms with van der Waals surface area (Å²) in [6, 6.07) is 2.37. The van der Waals surface area contributed by atoms with Gasteiger partial charge in [0.15, 0.2) is 0 Å². The fraction of sp³-hybridized carbons (Fsp3) is 0.273. The first kappa shape index (κ1) is 10.6. The summed E-state index contributed by atoms with van der Waals surface area (Å²) in [4.78, 5) is 10.9. The molecule has 0 saturated carbocycles. The molecule has 0 aliphatic rings. The van der Waals surface area contributed by atoms with E-state index in [0.29, 0.717) is 10.9 Å². The zero-order valence-electron chi connectivity index (χ0n) is 8.94. The van der Waals surface area contributed by atoms with Gasteiger partial charge < -0.3 is 5.11 Å². The van der Waals surface area contributed by atoms with Gasteiger partial charge in [0.05, 0.1) is 17.3 Å². The van der Waals surface area contributed by atoms with Crippen LogP contribution in [0.1, 0.15) is 30.2 Å². The first-order valence-electron chi connectivity index (χ1n) is 4.90. The van der Waals surface area contributed by atoms with Gasteiger partial charge in [0, 0.05) is 11.4 Å². The van der Waals surface area contributed by atoms with Crippen LogP contribution in [-0.2, 0) is 0 Å². The van der Waals surface area contributed by atoms with Crippen molar-refractivity contribution in [2.75, 3.05) is 0 Å². The number of hydrogen-bond donors (Lipinski definition) is 1. The summed E-state index contributed by atoms with van der Waals surface area (Å²) in [5.74, 6) is -1.71. The number of aromatic carboxylic acids is 1. The van der Waals surface area contributed by atoms with Crippen LogP contribution >= 0.6 is 0 Å². The highest BCUT2D eigenvalue weighted by atomic mass is 19.1. The Kier molecular flexibility index (Phi) is 2.38. The second-order valence-electron chi connectivity index (χ2n) is 3.87. The molecule has 2 aromatic rings. The Bertz CT molecular complexity index is 560. The maximum atomic E-state index is 13.3. The van der Waals surface area contributed by atoms with Gasteiger partial charge in [-0.3, -0.25) is 4.68 Å². The summed E-state index contributed by atoms with van der Waals surface area (Å²) in [6.07, 6.45) is 1.46. The number of benzene rings is 1. The molecule has 1 aromatic carbocycles. The zero-order valence-corrected chi connectivity index (χ0v) is 8.94. The summed E-state index contributed by atoms with van der Waals surface area (Å²) in [5.41, 5.74) is 0.453. The topological polar surface area (TPSA) is 55.1 Å². The number of aromatic nitrogens is 2. The van der Waals surface area contributed by atoms with Gasteiger partial charge in [0.25, 0.3) is 0 Å². The molecule has 0 amide bonds. The van der Waals surface area contributed by atoms with E-state index in [-0.39, 0.29) is 11.6 Å². The van der Waals surface area contributed by atoms with Gasteiger partial charge in [0.1, 0.15) is 5.82 Å². The van der Waals surface area contributed by atoms with E-state index in [4.69, 9.17) is 5.11 Å². The monoisotopic (exact) mass is 222 g/mol. The highest BCUT2D eigenvalue weighted by Gasteiger charge is 2.15. The first-order valence-corrected chi connectivity index (χ1v) is 4.90. The minimum atomic E-state index is -1.15. The number of halogens is 1. The van der Waals surface area contributed by atoms with Gasteiger partial charge in [0.2, 0.25) is 0 Å². The van der Waals surface area contributed by atoms with Crippen LogP contribution < -0.4 is 0 Å². The van der Waals surface area contributed by atoms with E-state index in [1.807, 2.05) is 13.8 Å². The Morgan fingerprint density at radius 3 is 2.75 bits per heavy atom. The van der Waals surface area contributed by atoms with Gasteiger partial charge in [-0.1, -0.05) is 0 Å². The van der Waals surface area contributed by atoms with Crippen LogP contribution in [0, 0.1) is 5.82 Å². The van der Waals surface area contributed by atoms with Crippen molar-refractivity contribution in [2.45, 2.75) is 19.9 Å². The van der Waals surface area contributed by atoms with Crippen molar-refractivity contribution in [1.82, 2.24) is 9.78 Å². The van der Waals surface area contributed by atoms with Gasteiger partial charge in [-0.2, -0.15) is 5.10 Å². The third-order valence-corrected chi connectivity index (χ3v) is 2.40. The van der Waals surface area contributed by atoms with Crippen LogP contribution in [0.25, 0.3) is 10.9 Å². The predicted molar refractivity (Wildman–Crippen MR) is 57.0 cm³/mol. The molecule has 0 aliphatic carbocycles. The van der Waals surface area contributed by atoms with Crippen molar-refractivity contribution in [3.05, 3.63) is 29.7 Å². The van der Waals surface area contributed by atoms with Crippen LogP contribution in [0.2, 0.25) is 0 Å². The molecule has 16 heavy (non-hydrogen) atoms. The third-order valence-electron chi connectivity index (χ3n) is 2.40. The summed E-state index contributed by atoms with van der Waals surface area (Å²) < 4.78 is 14.9. The summed E-state index contributed by atoms with van der Waals surface area (Å²) >= 11 is 0. The van der Waals surface area contributed by atoms with Gasteiger partial charge >= 0.3 is 5.97 Å². The molecular weight excluding hydrogens is 211 g/mol. The van der Waals surface area contributed by atoms with Crippen molar-refractivity contribution in [2.24, 2.45) is 0 Å². The minimum Gasteiger partial charge on any atom is -0.478 e. The van der Waals surface area contributed by atoms with E-state index in [9.17, 15) is 9.18 Å². The number of rotatable bonds is 2. The zero-order chi connectivity index (χ0) is 11.9. The fourth-order valence-electron chi connectivity index (χ4n) is 1.70. The third kappa shape index (κ3) is 1.54.